The summed E-state index contributed by atoms with van der Waals surface area (Å²) < 4.78 is 15.8. The number of Topliss-reactive ketones (excluding diaryl/α,β-unsaturated/α-hetero) is 1. The van der Waals surface area contributed by atoms with Gasteiger partial charge in [0.2, 0.25) is 0 Å². The molecule has 2 N–H and O–H groups in total. The van der Waals surface area contributed by atoms with Crippen molar-refractivity contribution in [2.45, 2.75) is 19.4 Å². The van der Waals surface area contributed by atoms with Crippen LogP contribution in [0, 0.1) is 0 Å². The van der Waals surface area contributed by atoms with E-state index in [1.807, 2.05) is 0 Å². The van der Waals surface area contributed by atoms with Gasteiger partial charge in [-0.15, -0.1) is 0 Å². The number of rotatable bonds is 8. The van der Waals surface area contributed by atoms with E-state index in [0.29, 0.717) is 30.3 Å². The lowest BCUT2D eigenvalue weighted by Crippen LogP contribution is -2.40. The van der Waals surface area contributed by atoms with E-state index in [0.717, 1.165) is 0 Å². The van der Waals surface area contributed by atoms with E-state index in [1.165, 1.54) is 0 Å². The number of aliphatic hydroxyl groups excluding tert-OH is 1. The van der Waals surface area contributed by atoms with Gasteiger partial charge in [-0.1, -0.05) is 0 Å². The van der Waals surface area contributed by atoms with Gasteiger partial charge >= 0.3 is 5.97 Å². The van der Waals surface area contributed by atoms with Crippen molar-refractivity contribution in [1.29, 1.82) is 0 Å². The minimum Gasteiger partial charge on any atom is -0.486 e. The van der Waals surface area contributed by atoms with Crippen LogP contribution in [0.15, 0.2) is 18.2 Å². The van der Waals surface area contributed by atoms with Crippen LogP contribution < -0.4 is 14.8 Å². The first-order valence-electron chi connectivity index (χ1n) is 7.59. The molecule has 0 aliphatic carbocycles. The Labute approximate surface area is 134 Å². The Morgan fingerprint density at radius 3 is 2.74 bits per heavy atom. The average molecular weight is 323 g/mol. The second-order valence-corrected chi connectivity index (χ2v) is 4.96. The van der Waals surface area contributed by atoms with Gasteiger partial charge < -0.3 is 24.6 Å². The van der Waals surface area contributed by atoms with E-state index in [4.69, 9.17) is 19.3 Å². The highest BCUT2D eigenvalue weighted by Crippen LogP contribution is 2.31. The lowest BCUT2D eigenvalue weighted by atomic mass is 10.0. The van der Waals surface area contributed by atoms with Gasteiger partial charge in [0.25, 0.3) is 0 Å². The van der Waals surface area contributed by atoms with Crippen molar-refractivity contribution in [2.24, 2.45) is 0 Å². The lowest BCUT2D eigenvalue weighted by molar-refractivity contribution is -0.143. The minimum absolute atomic E-state index is 0.0961. The number of benzene rings is 1. The fourth-order valence-electron chi connectivity index (χ4n) is 2.28. The summed E-state index contributed by atoms with van der Waals surface area (Å²) in [6.45, 7) is 2.94. The van der Waals surface area contributed by atoms with Crippen LogP contribution in [0.2, 0.25) is 0 Å². The number of hydrogen-bond donors (Lipinski definition) is 2. The summed E-state index contributed by atoms with van der Waals surface area (Å²) in [4.78, 5) is 24.3. The number of carbonyl (C=O) groups excluding carboxylic acids is 2. The SMILES string of the molecule is CCOC(=O)CC(NCCO)C(=O)c1ccc2c(c1)OCCO2. The molecule has 1 unspecified atom stereocenters. The maximum atomic E-state index is 12.6. The molecule has 0 aromatic heterocycles. The summed E-state index contributed by atoms with van der Waals surface area (Å²) >= 11 is 0. The Morgan fingerprint density at radius 1 is 1.30 bits per heavy atom. The van der Waals surface area contributed by atoms with E-state index in [-0.39, 0.29) is 32.0 Å². The van der Waals surface area contributed by atoms with Crippen molar-refractivity contribution in [3.8, 4) is 11.5 Å². The van der Waals surface area contributed by atoms with Gasteiger partial charge in [0, 0.05) is 12.1 Å². The van der Waals surface area contributed by atoms with E-state index >= 15 is 0 Å². The number of aliphatic hydroxyl groups is 1. The Morgan fingerprint density at radius 2 is 2.04 bits per heavy atom. The highest BCUT2D eigenvalue weighted by molar-refractivity contribution is 6.02. The molecule has 1 atom stereocenters. The van der Waals surface area contributed by atoms with Gasteiger partial charge in [-0.05, 0) is 25.1 Å². The second kappa shape index (κ2) is 8.50. The molecule has 0 spiro atoms. The molecule has 23 heavy (non-hydrogen) atoms. The van der Waals surface area contributed by atoms with Gasteiger partial charge in [0.05, 0.1) is 25.7 Å². The third kappa shape index (κ3) is 4.67. The van der Waals surface area contributed by atoms with Crippen molar-refractivity contribution in [3.05, 3.63) is 23.8 Å². The van der Waals surface area contributed by atoms with Crippen molar-refractivity contribution >= 4 is 11.8 Å². The molecule has 1 heterocycles. The maximum absolute atomic E-state index is 12.6. The summed E-state index contributed by atoms with van der Waals surface area (Å²) in [6, 6.07) is 4.16. The molecule has 7 nitrogen and oxygen atoms in total. The number of esters is 1. The molecule has 1 aromatic rings. The predicted octanol–water partition coefficient (Wildman–Crippen LogP) is 0.544. The van der Waals surface area contributed by atoms with Gasteiger partial charge in [-0.3, -0.25) is 9.59 Å². The first-order valence-corrected chi connectivity index (χ1v) is 7.59. The molecule has 1 aromatic carbocycles. The molecule has 0 fully saturated rings. The predicted molar refractivity (Wildman–Crippen MR) is 81.9 cm³/mol. The Bertz CT molecular complexity index is 560. The topological polar surface area (TPSA) is 94.1 Å². The fourth-order valence-corrected chi connectivity index (χ4v) is 2.28. The Kier molecular flexibility index (Phi) is 6.37. The monoisotopic (exact) mass is 323 g/mol. The highest BCUT2D eigenvalue weighted by atomic mass is 16.6. The summed E-state index contributed by atoms with van der Waals surface area (Å²) in [7, 11) is 0. The number of hydrogen-bond acceptors (Lipinski definition) is 7. The molecule has 2 rings (SSSR count). The van der Waals surface area contributed by atoms with E-state index in [9.17, 15) is 9.59 Å². The van der Waals surface area contributed by atoms with Crippen molar-refractivity contribution < 1.29 is 28.9 Å². The Hall–Kier alpha value is -2.12. The average Bonchev–Trinajstić information content (AvgIpc) is 2.57. The largest absolute Gasteiger partial charge is 0.486 e. The Balaban J connectivity index is 2.13. The smallest absolute Gasteiger partial charge is 0.307 e. The number of nitrogens with one attached hydrogen (secondary N) is 1. The van der Waals surface area contributed by atoms with Gasteiger partial charge in [-0.2, -0.15) is 0 Å². The first-order chi connectivity index (χ1) is 11.2. The molecule has 0 amide bonds. The molecule has 1 aliphatic rings. The van der Waals surface area contributed by atoms with Crippen LogP contribution in [-0.4, -0.2) is 55.9 Å². The lowest BCUT2D eigenvalue weighted by Gasteiger charge is -2.20. The molecular formula is C16H21NO6. The normalized spacial score (nSPS) is 14.2. The molecule has 1 aliphatic heterocycles. The van der Waals surface area contributed by atoms with E-state index < -0.39 is 12.0 Å². The van der Waals surface area contributed by atoms with Gasteiger partial charge in [-0.25, -0.2) is 0 Å². The highest BCUT2D eigenvalue weighted by Gasteiger charge is 2.25. The zero-order chi connectivity index (χ0) is 16.7. The van der Waals surface area contributed by atoms with E-state index in [2.05, 4.69) is 5.32 Å². The standard InChI is InChI=1S/C16H21NO6/c1-2-21-15(19)10-12(17-5-6-18)16(20)11-3-4-13-14(9-11)23-8-7-22-13/h3-4,9,12,17-18H,2,5-8,10H2,1H3. The first kappa shape index (κ1) is 17.2. The molecule has 0 radical (unpaired) electrons. The van der Waals surface area contributed by atoms with Crippen molar-refractivity contribution in [2.75, 3.05) is 33.0 Å². The molecular weight excluding hydrogens is 302 g/mol. The van der Waals surface area contributed by atoms with Crippen LogP contribution in [0.4, 0.5) is 0 Å². The molecule has 7 heteroatoms. The maximum Gasteiger partial charge on any atom is 0.307 e. The number of ketones is 1. The number of fused-ring (bicyclic) bond motifs is 1. The quantitative estimate of drug-likeness (QED) is 0.533. The van der Waals surface area contributed by atoms with Crippen LogP contribution in [0.3, 0.4) is 0 Å². The summed E-state index contributed by atoms with van der Waals surface area (Å²) in [6.07, 6.45) is -0.0961. The van der Waals surface area contributed by atoms with Crippen molar-refractivity contribution in [1.82, 2.24) is 5.32 Å². The second-order valence-electron chi connectivity index (χ2n) is 4.96. The van der Waals surface area contributed by atoms with Crippen molar-refractivity contribution in [3.63, 3.8) is 0 Å². The summed E-state index contributed by atoms with van der Waals surface area (Å²) in [5, 5.41) is 11.8. The van der Waals surface area contributed by atoms with Crippen LogP contribution in [0.5, 0.6) is 11.5 Å². The zero-order valence-corrected chi connectivity index (χ0v) is 13.0. The van der Waals surface area contributed by atoms with Crippen LogP contribution in [0.1, 0.15) is 23.7 Å². The fraction of sp³-hybridized carbons (Fsp3) is 0.500. The summed E-state index contributed by atoms with van der Waals surface area (Å²) in [5.41, 5.74) is 0.411. The molecule has 0 saturated carbocycles. The third-order valence-electron chi connectivity index (χ3n) is 3.32. The van der Waals surface area contributed by atoms with Crippen LogP contribution in [-0.2, 0) is 9.53 Å². The van der Waals surface area contributed by atoms with Gasteiger partial charge in [0.15, 0.2) is 17.3 Å². The number of carbonyl (C=O) groups is 2. The van der Waals surface area contributed by atoms with Crippen LogP contribution >= 0.6 is 0 Å². The van der Waals surface area contributed by atoms with Gasteiger partial charge in [0.1, 0.15) is 13.2 Å². The number of ether oxygens (including phenoxy) is 3. The molecule has 0 saturated heterocycles. The molecule has 126 valence electrons. The third-order valence-corrected chi connectivity index (χ3v) is 3.32. The molecule has 0 bridgehead atoms. The summed E-state index contributed by atoms with van der Waals surface area (Å²) in [5.74, 6) is 0.384. The van der Waals surface area contributed by atoms with E-state index in [1.54, 1.807) is 25.1 Å². The van der Waals surface area contributed by atoms with Crippen LogP contribution in [0.25, 0.3) is 0 Å². The minimum atomic E-state index is -0.760. The zero-order valence-electron chi connectivity index (χ0n) is 13.0.